The molecule has 2 aromatic rings. The van der Waals surface area contributed by atoms with Crippen LogP contribution in [0.3, 0.4) is 0 Å². The minimum Gasteiger partial charge on any atom is -0.378 e. The molecule has 136 valence electrons. The lowest BCUT2D eigenvalue weighted by Crippen LogP contribution is -2.49. The number of amides is 1. The normalized spacial score (nSPS) is 18.1. The average Bonchev–Trinajstić information content (AvgIpc) is 2.75. The number of morpholine rings is 1. The Labute approximate surface area is 153 Å². The van der Waals surface area contributed by atoms with Gasteiger partial charge in [-0.25, -0.2) is 9.97 Å². The Bertz CT molecular complexity index is 723. The highest BCUT2D eigenvalue weighted by Crippen LogP contribution is 2.16. The summed E-state index contributed by atoms with van der Waals surface area (Å²) in [5, 5.41) is 0. The first-order valence-electron chi connectivity index (χ1n) is 9.05. The average molecular weight is 353 g/mol. The molecule has 0 unspecified atom stereocenters. The summed E-state index contributed by atoms with van der Waals surface area (Å²) < 4.78 is 5.36. The van der Waals surface area contributed by atoms with Gasteiger partial charge < -0.3 is 19.4 Å². The molecule has 0 atom stereocenters. The number of carbonyl (C=O) groups excluding carboxylic acids is 1. The number of hydrogen-bond donors (Lipinski definition) is 0. The number of pyridine rings is 2. The van der Waals surface area contributed by atoms with E-state index in [1.165, 1.54) is 0 Å². The Morgan fingerprint density at radius 1 is 0.846 bits per heavy atom. The fourth-order valence-corrected chi connectivity index (χ4v) is 3.35. The summed E-state index contributed by atoms with van der Waals surface area (Å²) in [4.78, 5) is 27.9. The molecule has 0 radical (unpaired) electrons. The minimum atomic E-state index is 0.0479. The molecule has 0 bridgehead atoms. The van der Waals surface area contributed by atoms with Gasteiger partial charge in [0.25, 0.3) is 5.91 Å². The zero-order valence-corrected chi connectivity index (χ0v) is 14.8. The van der Waals surface area contributed by atoms with Crippen molar-refractivity contribution in [3.8, 4) is 0 Å². The molecular weight excluding hydrogens is 330 g/mol. The highest BCUT2D eigenvalue weighted by atomic mass is 16.5. The second-order valence-corrected chi connectivity index (χ2v) is 6.47. The zero-order chi connectivity index (χ0) is 17.8. The number of rotatable bonds is 3. The van der Waals surface area contributed by atoms with Crippen LogP contribution in [0.5, 0.6) is 0 Å². The van der Waals surface area contributed by atoms with Gasteiger partial charge in [-0.15, -0.1) is 0 Å². The molecule has 1 amide bonds. The maximum Gasteiger partial charge on any atom is 0.255 e. The van der Waals surface area contributed by atoms with Crippen LogP contribution in [0.2, 0.25) is 0 Å². The van der Waals surface area contributed by atoms with Crippen LogP contribution < -0.4 is 9.80 Å². The van der Waals surface area contributed by atoms with Gasteiger partial charge in [0.2, 0.25) is 0 Å². The lowest BCUT2D eigenvalue weighted by atomic mass is 10.2. The molecule has 7 nitrogen and oxygen atoms in total. The summed E-state index contributed by atoms with van der Waals surface area (Å²) in [6.07, 6.45) is 3.49. The predicted octanol–water partition coefficient (Wildman–Crippen LogP) is 1.28. The number of hydrogen-bond acceptors (Lipinski definition) is 6. The largest absolute Gasteiger partial charge is 0.378 e. The lowest BCUT2D eigenvalue weighted by Gasteiger charge is -2.35. The molecule has 2 aromatic heterocycles. The van der Waals surface area contributed by atoms with E-state index in [0.717, 1.165) is 51.0 Å². The SMILES string of the molecule is O=C(c1ccc(N2CCOCC2)nc1)N1CCN(c2ccccn2)CC1. The van der Waals surface area contributed by atoms with Gasteiger partial charge in [-0.3, -0.25) is 4.79 Å². The first-order chi connectivity index (χ1) is 12.8. The van der Waals surface area contributed by atoms with Crippen molar-refractivity contribution in [2.45, 2.75) is 0 Å². The van der Waals surface area contributed by atoms with Crippen LogP contribution >= 0.6 is 0 Å². The summed E-state index contributed by atoms with van der Waals surface area (Å²) >= 11 is 0. The van der Waals surface area contributed by atoms with Crippen LogP contribution in [0.25, 0.3) is 0 Å². The number of aromatic nitrogens is 2. The van der Waals surface area contributed by atoms with Gasteiger partial charge in [0, 0.05) is 51.7 Å². The highest BCUT2D eigenvalue weighted by Gasteiger charge is 2.23. The maximum atomic E-state index is 12.7. The predicted molar refractivity (Wildman–Crippen MR) is 99.6 cm³/mol. The molecule has 0 saturated carbocycles. The molecule has 2 aliphatic heterocycles. The van der Waals surface area contributed by atoms with Crippen molar-refractivity contribution in [2.75, 3.05) is 62.3 Å². The fraction of sp³-hybridized carbons (Fsp3) is 0.421. The van der Waals surface area contributed by atoms with Gasteiger partial charge >= 0.3 is 0 Å². The van der Waals surface area contributed by atoms with Gasteiger partial charge in [0.15, 0.2) is 0 Å². The van der Waals surface area contributed by atoms with Crippen LogP contribution in [-0.4, -0.2) is 73.3 Å². The van der Waals surface area contributed by atoms with Gasteiger partial charge in [0.05, 0.1) is 18.8 Å². The van der Waals surface area contributed by atoms with E-state index in [0.29, 0.717) is 18.7 Å². The second kappa shape index (κ2) is 7.70. The Morgan fingerprint density at radius 3 is 2.23 bits per heavy atom. The number of anilines is 2. The van der Waals surface area contributed by atoms with E-state index in [9.17, 15) is 4.79 Å². The van der Waals surface area contributed by atoms with Gasteiger partial charge in [-0.05, 0) is 24.3 Å². The second-order valence-electron chi connectivity index (χ2n) is 6.47. The fourth-order valence-electron chi connectivity index (χ4n) is 3.35. The number of carbonyl (C=O) groups is 1. The number of piperazine rings is 1. The van der Waals surface area contributed by atoms with Crippen molar-refractivity contribution in [2.24, 2.45) is 0 Å². The van der Waals surface area contributed by atoms with Gasteiger partial charge in [-0.2, -0.15) is 0 Å². The smallest absolute Gasteiger partial charge is 0.255 e. The number of ether oxygens (including phenoxy) is 1. The van der Waals surface area contributed by atoms with Crippen molar-refractivity contribution in [1.29, 1.82) is 0 Å². The van der Waals surface area contributed by atoms with Crippen molar-refractivity contribution in [3.63, 3.8) is 0 Å². The Hall–Kier alpha value is -2.67. The van der Waals surface area contributed by atoms with E-state index in [1.54, 1.807) is 12.4 Å². The molecule has 7 heteroatoms. The van der Waals surface area contributed by atoms with E-state index in [2.05, 4.69) is 19.8 Å². The quantitative estimate of drug-likeness (QED) is 0.828. The highest BCUT2D eigenvalue weighted by molar-refractivity contribution is 5.94. The lowest BCUT2D eigenvalue weighted by molar-refractivity contribution is 0.0746. The summed E-state index contributed by atoms with van der Waals surface area (Å²) in [5.41, 5.74) is 0.647. The Balaban J connectivity index is 1.36. The molecule has 0 aromatic carbocycles. The van der Waals surface area contributed by atoms with Crippen LogP contribution in [-0.2, 0) is 4.74 Å². The first kappa shape index (κ1) is 16.8. The summed E-state index contributed by atoms with van der Waals surface area (Å²) in [5.74, 6) is 1.92. The minimum absolute atomic E-state index is 0.0479. The first-order valence-corrected chi connectivity index (χ1v) is 9.05. The van der Waals surface area contributed by atoms with Crippen LogP contribution in [0.15, 0.2) is 42.7 Å². The van der Waals surface area contributed by atoms with Crippen molar-refractivity contribution in [1.82, 2.24) is 14.9 Å². The van der Waals surface area contributed by atoms with E-state index in [1.807, 2.05) is 35.2 Å². The van der Waals surface area contributed by atoms with E-state index in [-0.39, 0.29) is 5.91 Å². The molecule has 4 rings (SSSR count). The molecule has 0 N–H and O–H groups in total. The monoisotopic (exact) mass is 353 g/mol. The summed E-state index contributed by atoms with van der Waals surface area (Å²) in [6.45, 7) is 6.11. The molecular formula is C19H23N5O2. The van der Waals surface area contributed by atoms with E-state index in [4.69, 9.17) is 4.74 Å². The van der Waals surface area contributed by atoms with Crippen LogP contribution in [0, 0.1) is 0 Å². The zero-order valence-electron chi connectivity index (χ0n) is 14.8. The standard InChI is InChI=1S/C19H23N5O2/c25-19(16-4-5-18(21-15-16)23-11-13-26-14-12-23)24-9-7-22(8-10-24)17-3-1-2-6-20-17/h1-6,15H,7-14H2. The third-order valence-electron chi connectivity index (χ3n) is 4.87. The van der Waals surface area contributed by atoms with Gasteiger partial charge in [-0.1, -0.05) is 6.07 Å². The number of nitrogens with zero attached hydrogens (tertiary/aromatic N) is 5. The molecule has 2 saturated heterocycles. The third kappa shape index (κ3) is 3.62. The third-order valence-corrected chi connectivity index (χ3v) is 4.87. The molecule has 2 aliphatic rings. The molecule has 26 heavy (non-hydrogen) atoms. The van der Waals surface area contributed by atoms with E-state index < -0.39 is 0 Å². The molecule has 0 aliphatic carbocycles. The topological polar surface area (TPSA) is 61.8 Å². The molecule has 2 fully saturated rings. The molecule has 4 heterocycles. The van der Waals surface area contributed by atoms with Crippen molar-refractivity contribution in [3.05, 3.63) is 48.3 Å². The summed E-state index contributed by atoms with van der Waals surface area (Å²) in [7, 11) is 0. The van der Waals surface area contributed by atoms with Crippen LogP contribution in [0.1, 0.15) is 10.4 Å². The maximum absolute atomic E-state index is 12.7. The summed E-state index contributed by atoms with van der Waals surface area (Å²) in [6, 6.07) is 9.72. The van der Waals surface area contributed by atoms with Crippen molar-refractivity contribution < 1.29 is 9.53 Å². The Kier molecular flexibility index (Phi) is 4.97. The molecule has 0 spiro atoms. The van der Waals surface area contributed by atoms with Crippen LogP contribution in [0.4, 0.5) is 11.6 Å². The Morgan fingerprint density at radius 2 is 1.58 bits per heavy atom. The van der Waals surface area contributed by atoms with Crippen molar-refractivity contribution >= 4 is 17.5 Å². The van der Waals surface area contributed by atoms with Gasteiger partial charge in [0.1, 0.15) is 11.6 Å². The van der Waals surface area contributed by atoms with E-state index >= 15 is 0 Å².